The number of hydrogen-bond donors (Lipinski definition) is 6. The Kier molecular flexibility index (Phi) is 65.6. The van der Waals surface area contributed by atoms with Gasteiger partial charge < -0.3 is 45.1 Å². The highest BCUT2D eigenvalue weighted by atomic mass is 16.7. The molecule has 11 nitrogen and oxygen atoms in total. The van der Waals surface area contributed by atoms with Crippen LogP contribution in [0.4, 0.5) is 0 Å². The van der Waals surface area contributed by atoms with Gasteiger partial charge >= 0.3 is 5.97 Å². The van der Waals surface area contributed by atoms with Crippen LogP contribution in [0.5, 0.6) is 0 Å². The molecule has 1 amide bonds. The third-order valence-electron chi connectivity index (χ3n) is 19.7. The molecule has 11 heteroatoms. The van der Waals surface area contributed by atoms with E-state index in [1.165, 1.54) is 321 Å². The second-order valence-electron chi connectivity index (χ2n) is 28.5. The molecule has 0 saturated carbocycles. The predicted octanol–water partition coefficient (Wildman–Crippen LogP) is 21.8. The zero-order valence-corrected chi connectivity index (χ0v) is 60.5. The lowest BCUT2D eigenvalue weighted by atomic mass is 9.99. The first-order valence-corrected chi connectivity index (χ1v) is 40.5. The molecule has 8 atom stereocenters. The average molecular weight is 1290 g/mol. The van der Waals surface area contributed by atoms with Gasteiger partial charge in [0.2, 0.25) is 5.91 Å². The quantitative estimate of drug-likeness (QED) is 0.0195. The minimum atomic E-state index is -1.61. The van der Waals surface area contributed by atoms with Crippen LogP contribution < -0.4 is 5.32 Å². The summed E-state index contributed by atoms with van der Waals surface area (Å²) in [4.78, 5) is 26.8. The Morgan fingerprint density at radius 3 is 1.03 bits per heavy atom. The first kappa shape index (κ1) is 87.4. The van der Waals surface area contributed by atoms with E-state index in [1.54, 1.807) is 6.08 Å². The molecule has 1 fully saturated rings. The van der Waals surface area contributed by atoms with Crippen LogP contribution in [0.2, 0.25) is 0 Å². The molecule has 8 unspecified atom stereocenters. The Balaban J connectivity index is 2.49. The Morgan fingerprint density at radius 2 is 0.714 bits per heavy atom. The molecule has 0 aromatic carbocycles. The maximum atomic E-state index is 13.5. The zero-order chi connectivity index (χ0) is 66.0. The van der Waals surface area contributed by atoms with Crippen LogP contribution in [0.25, 0.3) is 0 Å². The number of aliphatic hydroxyl groups is 5. The van der Waals surface area contributed by atoms with Crippen LogP contribution in [0.15, 0.2) is 12.2 Å². The van der Waals surface area contributed by atoms with Crippen LogP contribution >= 0.6 is 0 Å². The molecule has 0 aromatic heterocycles. The fourth-order valence-electron chi connectivity index (χ4n) is 13.4. The highest BCUT2D eigenvalue weighted by molar-refractivity contribution is 5.80. The lowest BCUT2D eigenvalue weighted by molar-refractivity contribution is -0.305. The van der Waals surface area contributed by atoms with Crippen LogP contribution in [-0.2, 0) is 23.8 Å². The van der Waals surface area contributed by atoms with Gasteiger partial charge in [-0.3, -0.25) is 9.59 Å². The van der Waals surface area contributed by atoms with E-state index >= 15 is 0 Å². The summed E-state index contributed by atoms with van der Waals surface area (Å²) in [6.45, 7) is 5.89. The van der Waals surface area contributed by atoms with Gasteiger partial charge in [0.15, 0.2) is 12.4 Å². The molecule has 0 bridgehead atoms. The predicted molar refractivity (Wildman–Crippen MR) is 385 cm³/mol. The molecule has 0 aromatic rings. The monoisotopic (exact) mass is 1290 g/mol. The second-order valence-corrected chi connectivity index (χ2v) is 28.5. The van der Waals surface area contributed by atoms with Gasteiger partial charge in [-0.15, -0.1) is 0 Å². The number of carbonyl (C=O) groups is 2. The number of nitrogens with one attached hydrogen (secondary N) is 1. The molecule has 1 rings (SSSR count). The van der Waals surface area contributed by atoms with E-state index in [0.717, 1.165) is 57.8 Å². The molecule has 6 N–H and O–H groups in total. The van der Waals surface area contributed by atoms with Crippen LogP contribution in [0, 0.1) is 0 Å². The normalized spacial score (nSPS) is 17.9. The minimum absolute atomic E-state index is 0.132. The molecule has 1 saturated heterocycles. The number of carbonyl (C=O) groups excluding carboxylic acids is 2. The van der Waals surface area contributed by atoms with Crippen molar-refractivity contribution < 1.29 is 49.3 Å². The van der Waals surface area contributed by atoms with Crippen molar-refractivity contribution in [1.29, 1.82) is 0 Å². The van der Waals surface area contributed by atoms with Crippen LogP contribution in [-0.4, -0.2) is 99.6 Å². The van der Waals surface area contributed by atoms with Gasteiger partial charge in [0.25, 0.3) is 0 Å². The lowest BCUT2D eigenvalue weighted by Crippen LogP contribution is -2.61. The second kappa shape index (κ2) is 68.3. The number of allylic oxidation sites excluding steroid dienone is 1. The first-order chi connectivity index (χ1) is 44.7. The van der Waals surface area contributed by atoms with Crippen molar-refractivity contribution in [2.75, 3.05) is 13.2 Å². The standard InChI is InChI=1S/C80H155NO10/c1-4-7-10-13-16-19-22-25-27-29-31-33-35-36-37-39-40-42-44-46-49-52-55-58-61-64-67-73(84)79(88)81-71(72(83)66-63-60-57-54-51-48-24-21-18-15-12-9-6-3)70-89-80-78(77(87)76(86)74(69-82)90-80)91-75(85)68-65-62-59-56-53-50-47-45-43-41-38-34-32-30-28-26-23-20-17-14-11-8-5-2/h63,66,71-74,76-78,80,82-84,86-87H,4-62,64-65,67-70H2,1-3H3,(H,81,88)/b66-63+. The molecular weight excluding hydrogens is 1130 g/mol. The number of amides is 1. The summed E-state index contributed by atoms with van der Waals surface area (Å²) >= 11 is 0. The molecule has 0 radical (unpaired) electrons. The fraction of sp³-hybridized carbons (Fsp3) is 0.950. The highest BCUT2D eigenvalue weighted by Crippen LogP contribution is 2.27. The van der Waals surface area contributed by atoms with Gasteiger partial charge in [0.05, 0.1) is 25.4 Å². The molecule has 1 heterocycles. The molecule has 91 heavy (non-hydrogen) atoms. The van der Waals surface area contributed by atoms with E-state index < -0.39 is 67.4 Å². The van der Waals surface area contributed by atoms with Crippen molar-refractivity contribution >= 4 is 11.9 Å². The van der Waals surface area contributed by atoms with Gasteiger partial charge in [-0.1, -0.05) is 405 Å². The summed E-state index contributed by atoms with van der Waals surface area (Å²) < 4.78 is 17.8. The van der Waals surface area contributed by atoms with Gasteiger partial charge in [0.1, 0.15) is 24.4 Å². The van der Waals surface area contributed by atoms with Crippen LogP contribution in [0.3, 0.4) is 0 Å². The Hall–Kier alpha value is -1.60. The summed E-state index contributed by atoms with van der Waals surface area (Å²) in [5, 5.41) is 57.5. The molecule has 0 spiro atoms. The highest BCUT2D eigenvalue weighted by Gasteiger charge is 2.47. The summed E-state index contributed by atoms with van der Waals surface area (Å²) in [6.07, 6.45) is 72.8. The van der Waals surface area contributed by atoms with Gasteiger partial charge in [-0.2, -0.15) is 0 Å². The third-order valence-corrected chi connectivity index (χ3v) is 19.7. The Bertz CT molecular complexity index is 1530. The van der Waals surface area contributed by atoms with E-state index in [1.807, 2.05) is 6.08 Å². The van der Waals surface area contributed by atoms with Crippen molar-refractivity contribution in [3.63, 3.8) is 0 Å². The Morgan fingerprint density at radius 1 is 0.418 bits per heavy atom. The number of unbranched alkanes of at least 4 members (excludes halogenated alkanes) is 58. The van der Waals surface area contributed by atoms with Gasteiger partial charge in [-0.05, 0) is 25.7 Å². The lowest BCUT2D eigenvalue weighted by Gasteiger charge is -2.41. The van der Waals surface area contributed by atoms with Crippen LogP contribution in [0.1, 0.15) is 425 Å². The molecule has 1 aliphatic heterocycles. The van der Waals surface area contributed by atoms with Crippen molar-refractivity contribution in [3.05, 3.63) is 12.2 Å². The fourth-order valence-corrected chi connectivity index (χ4v) is 13.4. The summed E-state index contributed by atoms with van der Waals surface area (Å²) in [5.74, 6) is -1.17. The van der Waals surface area contributed by atoms with Crippen molar-refractivity contribution in [3.8, 4) is 0 Å². The Labute approximate surface area is 563 Å². The van der Waals surface area contributed by atoms with E-state index in [2.05, 4.69) is 26.1 Å². The summed E-state index contributed by atoms with van der Waals surface area (Å²) in [6, 6.07) is -1.02. The molecular formula is C80H155NO10. The van der Waals surface area contributed by atoms with Crippen molar-refractivity contribution in [2.24, 2.45) is 0 Å². The molecule has 0 aliphatic carbocycles. The van der Waals surface area contributed by atoms with E-state index in [-0.39, 0.29) is 13.0 Å². The number of ether oxygens (including phenoxy) is 3. The number of aliphatic hydroxyl groups excluding tert-OH is 5. The average Bonchev–Trinajstić information content (AvgIpc) is 0.971. The number of esters is 1. The molecule has 1 aliphatic rings. The smallest absolute Gasteiger partial charge is 0.306 e. The topological polar surface area (TPSA) is 175 Å². The van der Waals surface area contributed by atoms with E-state index in [9.17, 15) is 35.1 Å². The maximum absolute atomic E-state index is 13.5. The van der Waals surface area contributed by atoms with Crippen molar-refractivity contribution in [1.82, 2.24) is 5.32 Å². The molecule has 540 valence electrons. The largest absolute Gasteiger partial charge is 0.454 e. The number of rotatable bonds is 72. The zero-order valence-electron chi connectivity index (χ0n) is 60.5. The van der Waals surface area contributed by atoms with Gasteiger partial charge in [0, 0.05) is 6.42 Å². The maximum Gasteiger partial charge on any atom is 0.306 e. The van der Waals surface area contributed by atoms with Crippen molar-refractivity contribution in [2.45, 2.75) is 474 Å². The minimum Gasteiger partial charge on any atom is -0.454 e. The third kappa shape index (κ3) is 55.1. The van der Waals surface area contributed by atoms with Gasteiger partial charge in [-0.25, -0.2) is 0 Å². The SMILES string of the molecule is CCCCCCCCCCCCC/C=C/C(O)C(COC1OC(CO)C(O)C(O)C1OC(=O)CCCCCCCCCCCCCCCCCCCCCCCCC)NC(=O)C(O)CCCCCCCCCCCCCCCCCCCCCCCCCCCC. The first-order valence-electron chi connectivity index (χ1n) is 40.5. The van der Waals surface area contributed by atoms with E-state index in [0.29, 0.717) is 19.3 Å². The van der Waals surface area contributed by atoms with E-state index in [4.69, 9.17) is 14.2 Å². The summed E-state index contributed by atoms with van der Waals surface area (Å²) in [7, 11) is 0. The summed E-state index contributed by atoms with van der Waals surface area (Å²) in [5.41, 5.74) is 0. The number of hydrogen-bond acceptors (Lipinski definition) is 10.